The van der Waals surface area contributed by atoms with Crippen LogP contribution in [0.4, 0.5) is 0 Å². The average molecular weight is 284 g/mol. The smallest absolute Gasteiger partial charge is 0.123 e. The number of para-hydroxylation sites is 1. The van der Waals surface area contributed by atoms with Crippen molar-refractivity contribution in [3.05, 3.63) is 58.9 Å². The number of hydrogen-bond acceptors (Lipinski definition) is 3. The molecule has 0 aliphatic carbocycles. The zero-order chi connectivity index (χ0) is 15.2. The van der Waals surface area contributed by atoms with E-state index in [4.69, 9.17) is 4.74 Å². The molecule has 0 saturated carbocycles. The number of nitrogens with zero attached hydrogens (tertiary/aromatic N) is 1. The van der Waals surface area contributed by atoms with Crippen molar-refractivity contribution in [3.63, 3.8) is 0 Å². The number of methoxy groups -OCH3 is 1. The first-order valence-corrected chi connectivity index (χ1v) is 7.47. The summed E-state index contributed by atoms with van der Waals surface area (Å²) < 4.78 is 5.53. The summed E-state index contributed by atoms with van der Waals surface area (Å²) in [5, 5.41) is 3.62. The fourth-order valence-corrected chi connectivity index (χ4v) is 2.63. The zero-order valence-corrected chi connectivity index (χ0v) is 13.3. The van der Waals surface area contributed by atoms with Gasteiger partial charge in [-0.25, -0.2) is 0 Å². The summed E-state index contributed by atoms with van der Waals surface area (Å²) in [6.07, 6.45) is 1.09. The van der Waals surface area contributed by atoms with Gasteiger partial charge in [0.1, 0.15) is 5.75 Å². The van der Waals surface area contributed by atoms with Gasteiger partial charge in [0, 0.05) is 17.0 Å². The molecule has 1 aromatic heterocycles. The minimum absolute atomic E-state index is 0.126. The number of benzene rings is 1. The molecule has 0 saturated heterocycles. The van der Waals surface area contributed by atoms with Crippen LogP contribution in [0.5, 0.6) is 5.75 Å². The van der Waals surface area contributed by atoms with Crippen molar-refractivity contribution in [3.8, 4) is 5.75 Å². The van der Waals surface area contributed by atoms with E-state index >= 15 is 0 Å². The number of pyridine rings is 1. The molecule has 0 aliphatic rings. The third-order valence-electron chi connectivity index (χ3n) is 3.49. The second-order valence-corrected chi connectivity index (χ2v) is 5.31. The first-order valence-electron chi connectivity index (χ1n) is 7.47. The second-order valence-electron chi connectivity index (χ2n) is 5.31. The number of ether oxygens (including phenoxy) is 1. The van der Waals surface area contributed by atoms with Crippen molar-refractivity contribution in [1.29, 1.82) is 0 Å². The van der Waals surface area contributed by atoms with Crippen LogP contribution in [0.25, 0.3) is 0 Å². The largest absolute Gasteiger partial charge is 0.496 e. The summed E-state index contributed by atoms with van der Waals surface area (Å²) in [6.45, 7) is 7.21. The molecule has 1 heterocycles. The highest BCUT2D eigenvalue weighted by Crippen LogP contribution is 2.30. The van der Waals surface area contributed by atoms with E-state index in [1.54, 1.807) is 7.11 Å². The summed E-state index contributed by atoms with van der Waals surface area (Å²) in [5.41, 5.74) is 4.49. The quantitative estimate of drug-likeness (QED) is 0.876. The van der Waals surface area contributed by atoms with Crippen LogP contribution in [0.15, 0.2) is 36.4 Å². The van der Waals surface area contributed by atoms with Crippen molar-refractivity contribution in [1.82, 2.24) is 10.3 Å². The summed E-state index contributed by atoms with van der Waals surface area (Å²) >= 11 is 0. The van der Waals surface area contributed by atoms with E-state index in [9.17, 15) is 0 Å². The fourth-order valence-electron chi connectivity index (χ4n) is 2.63. The van der Waals surface area contributed by atoms with Gasteiger partial charge < -0.3 is 10.1 Å². The van der Waals surface area contributed by atoms with Crippen molar-refractivity contribution in [2.75, 3.05) is 13.7 Å². The van der Waals surface area contributed by atoms with Gasteiger partial charge in [-0.2, -0.15) is 0 Å². The van der Waals surface area contributed by atoms with Crippen molar-refractivity contribution < 1.29 is 4.74 Å². The van der Waals surface area contributed by atoms with Crippen LogP contribution >= 0.6 is 0 Å². The third-order valence-corrected chi connectivity index (χ3v) is 3.49. The lowest BCUT2D eigenvalue weighted by molar-refractivity contribution is 0.404. The molecule has 0 bridgehead atoms. The van der Waals surface area contributed by atoms with E-state index in [2.05, 4.69) is 41.5 Å². The van der Waals surface area contributed by atoms with E-state index in [1.165, 1.54) is 11.1 Å². The maximum absolute atomic E-state index is 5.53. The second kappa shape index (κ2) is 7.23. The predicted molar refractivity (Wildman–Crippen MR) is 86.8 cm³/mol. The predicted octanol–water partition coefficient (Wildman–Crippen LogP) is 3.80. The van der Waals surface area contributed by atoms with Gasteiger partial charge in [-0.1, -0.05) is 25.1 Å². The minimum atomic E-state index is 0.126. The van der Waals surface area contributed by atoms with Crippen LogP contribution in [-0.4, -0.2) is 18.6 Å². The fraction of sp³-hybridized carbons (Fsp3) is 0.389. The molecule has 0 fully saturated rings. The van der Waals surface area contributed by atoms with E-state index in [0.29, 0.717) is 0 Å². The van der Waals surface area contributed by atoms with E-state index in [1.807, 2.05) is 26.0 Å². The Labute approximate surface area is 127 Å². The Morgan fingerprint density at radius 3 is 2.43 bits per heavy atom. The molecule has 1 atom stereocenters. The van der Waals surface area contributed by atoms with Crippen LogP contribution in [0.2, 0.25) is 0 Å². The monoisotopic (exact) mass is 284 g/mol. The van der Waals surface area contributed by atoms with Gasteiger partial charge in [0.25, 0.3) is 0 Å². The Bertz CT molecular complexity index is 575. The van der Waals surface area contributed by atoms with E-state index in [0.717, 1.165) is 30.1 Å². The van der Waals surface area contributed by atoms with Gasteiger partial charge >= 0.3 is 0 Å². The van der Waals surface area contributed by atoms with Gasteiger partial charge in [-0.05, 0) is 50.6 Å². The molecular weight excluding hydrogens is 260 g/mol. The lowest BCUT2D eigenvalue weighted by Crippen LogP contribution is -2.24. The van der Waals surface area contributed by atoms with Crippen molar-refractivity contribution >= 4 is 0 Å². The van der Waals surface area contributed by atoms with Crippen LogP contribution in [0.3, 0.4) is 0 Å². The Morgan fingerprint density at radius 1 is 1.14 bits per heavy atom. The van der Waals surface area contributed by atoms with Crippen LogP contribution < -0.4 is 10.1 Å². The molecule has 0 amide bonds. The van der Waals surface area contributed by atoms with Gasteiger partial charge in [0.2, 0.25) is 0 Å². The number of nitrogens with one attached hydrogen (secondary N) is 1. The Hall–Kier alpha value is -1.87. The summed E-state index contributed by atoms with van der Waals surface area (Å²) in [4.78, 5) is 4.47. The average Bonchev–Trinajstić information content (AvgIpc) is 2.47. The Balaban J connectivity index is 2.46. The van der Waals surface area contributed by atoms with Gasteiger partial charge in [-0.3, -0.25) is 4.98 Å². The molecule has 21 heavy (non-hydrogen) atoms. The highest BCUT2D eigenvalue weighted by atomic mass is 16.5. The molecule has 0 aliphatic heterocycles. The van der Waals surface area contributed by atoms with Crippen LogP contribution in [-0.2, 0) is 0 Å². The number of aryl methyl sites for hydroxylation is 2. The first-order chi connectivity index (χ1) is 10.2. The molecule has 1 unspecified atom stereocenters. The number of aromatic nitrogens is 1. The SMILES string of the molecule is CCCNC(c1cc(C)nc(C)c1)c1ccccc1OC. The molecule has 1 N–H and O–H groups in total. The molecule has 3 heteroatoms. The maximum atomic E-state index is 5.53. The van der Waals surface area contributed by atoms with Gasteiger partial charge in [0.05, 0.1) is 13.2 Å². The van der Waals surface area contributed by atoms with Gasteiger partial charge in [0.15, 0.2) is 0 Å². The Kier molecular flexibility index (Phi) is 5.34. The molecule has 2 rings (SSSR count). The lowest BCUT2D eigenvalue weighted by atomic mass is 9.97. The molecule has 3 nitrogen and oxygen atoms in total. The standard InChI is InChI=1S/C18H24N2O/c1-5-10-19-18(15-11-13(2)20-14(3)12-15)16-8-6-7-9-17(16)21-4/h6-9,11-12,18-19H,5,10H2,1-4H3. The molecular formula is C18H24N2O. The summed E-state index contributed by atoms with van der Waals surface area (Å²) in [7, 11) is 1.72. The topological polar surface area (TPSA) is 34.2 Å². The summed E-state index contributed by atoms with van der Waals surface area (Å²) in [5.74, 6) is 0.915. The van der Waals surface area contributed by atoms with E-state index in [-0.39, 0.29) is 6.04 Å². The molecule has 2 aromatic rings. The zero-order valence-electron chi connectivity index (χ0n) is 13.3. The molecule has 112 valence electrons. The molecule has 0 radical (unpaired) electrons. The molecule has 1 aromatic carbocycles. The first kappa shape index (κ1) is 15.5. The normalized spacial score (nSPS) is 12.2. The maximum Gasteiger partial charge on any atom is 0.123 e. The van der Waals surface area contributed by atoms with Gasteiger partial charge in [-0.15, -0.1) is 0 Å². The Morgan fingerprint density at radius 2 is 1.81 bits per heavy atom. The summed E-state index contributed by atoms with van der Waals surface area (Å²) in [6, 6.07) is 12.6. The lowest BCUT2D eigenvalue weighted by Gasteiger charge is -2.22. The van der Waals surface area contributed by atoms with Crippen molar-refractivity contribution in [2.24, 2.45) is 0 Å². The third kappa shape index (κ3) is 3.82. The van der Waals surface area contributed by atoms with Crippen molar-refractivity contribution in [2.45, 2.75) is 33.2 Å². The molecule has 0 spiro atoms. The highest BCUT2D eigenvalue weighted by molar-refractivity contribution is 5.42. The minimum Gasteiger partial charge on any atom is -0.496 e. The van der Waals surface area contributed by atoms with E-state index < -0.39 is 0 Å². The number of rotatable bonds is 6. The number of hydrogen-bond donors (Lipinski definition) is 1. The van der Waals surface area contributed by atoms with Crippen LogP contribution in [0, 0.1) is 13.8 Å². The highest BCUT2D eigenvalue weighted by Gasteiger charge is 2.18. The van der Waals surface area contributed by atoms with Crippen LogP contribution in [0.1, 0.15) is 41.9 Å².